The number of amides is 1. The van der Waals surface area contributed by atoms with E-state index < -0.39 is 11.9 Å². The molecule has 136 valence electrons. The fourth-order valence-electron chi connectivity index (χ4n) is 1.73. The first-order valence-electron chi connectivity index (χ1n) is 7.38. The van der Waals surface area contributed by atoms with Crippen molar-refractivity contribution in [3.05, 3.63) is 41.8 Å². The normalized spacial score (nSPS) is 9.92. The van der Waals surface area contributed by atoms with Crippen LogP contribution in [0.4, 0.5) is 5.13 Å². The van der Waals surface area contributed by atoms with Crippen LogP contribution in [0.1, 0.15) is 0 Å². The number of anilines is 1. The van der Waals surface area contributed by atoms with Crippen LogP contribution in [0.5, 0.6) is 0 Å². The summed E-state index contributed by atoms with van der Waals surface area (Å²) in [5, 5.41) is 24.2. The van der Waals surface area contributed by atoms with E-state index >= 15 is 0 Å². The van der Waals surface area contributed by atoms with Gasteiger partial charge in [0.05, 0.1) is 6.61 Å². The second-order valence-electron chi connectivity index (χ2n) is 4.75. The van der Waals surface area contributed by atoms with E-state index in [2.05, 4.69) is 15.5 Å². The summed E-state index contributed by atoms with van der Waals surface area (Å²) in [7, 11) is 0. The number of carboxylic acid groups (broad SMARTS) is 1. The molecule has 0 spiro atoms. The number of hydrogen-bond donors (Lipinski definition) is 4. The van der Waals surface area contributed by atoms with Crippen LogP contribution < -0.4 is 11.1 Å². The van der Waals surface area contributed by atoms with Crippen molar-refractivity contribution in [1.82, 2.24) is 10.1 Å². The first kappa shape index (κ1) is 19.2. The largest absolute Gasteiger partial charge is 0.474 e. The van der Waals surface area contributed by atoms with Gasteiger partial charge in [0.15, 0.2) is 10.9 Å². The fraction of sp³-hybridized carbons (Fsp3) is 0.125. The van der Waals surface area contributed by atoms with Gasteiger partial charge in [-0.2, -0.15) is 0 Å². The summed E-state index contributed by atoms with van der Waals surface area (Å²) < 4.78 is 5.27. The van der Waals surface area contributed by atoms with Crippen LogP contribution >= 0.6 is 11.3 Å². The molecule has 1 aromatic carbocycles. The van der Waals surface area contributed by atoms with Gasteiger partial charge in [0, 0.05) is 23.6 Å². The van der Waals surface area contributed by atoms with Gasteiger partial charge in [0.25, 0.3) is 0 Å². The summed E-state index contributed by atoms with van der Waals surface area (Å²) in [5.74, 6) is -2.10. The number of aromatic nitrogens is 2. The number of hydrogen-bond acceptors (Lipinski definition) is 8. The second-order valence-corrected chi connectivity index (χ2v) is 5.61. The Balaban J connectivity index is 0.000000552. The third kappa shape index (κ3) is 5.21. The van der Waals surface area contributed by atoms with Crippen LogP contribution in [0, 0.1) is 0 Å². The third-order valence-electron chi connectivity index (χ3n) is 2.88. The number of nitrogens with two attached hydrogens (primary N) is 1. The Labute approximate surface area is 152 Å². The molecule has 26 heavy (non-hydrogen) atoms. The number of aliphatic hydroxyl groups excluding tert-OH is 1. The van der Waals surface area contributed by atoms with Crippen molar-refractivity contribution < 1.29 is 24.3 Å². The molecule has 0 aliphatic carbocycles. The van der Waals surface area contributed by atoms with Gasteiger partial charge < -0.3 is 20.5 Å². The number of nitrogens with one attached hydrogen (secondary N) is 1. The zero-order chi connectivity index (χ0) is 18.9. The van der Waals surface area contributed by atoms with E-state index in [1.165, 1.54) is 0 Å². The number of benzene rings is 1. The molecule has 3 rings (SSSR count). The topological polar surface area (TPSA) is 152 Å². The van der Waals surface area contributed by atoms with Crippen molar-refractivity contribution in [1.29, 1.82) is 0 Å². The minimum atomic E-state index is -1.57. The Kier molecular flexibility index (Phi) is 6.97. The minimum Gasteiger partial charge on any atom is -0.474 e. The van der Waals surface area contributed by atoms with Gasteiger partial charge in [-0.25, -0.2) is 9.78 Å². The summed E-state index contributed by atoms with van der Waals surface area (Å²) in [4.78, 5) is 25.7. The van der Waals surface area contributed by atoms with Crippen LogP contribution in [0.25, 0.3) is 22.7 Å². The van der Waals surface area contributed by atoms with E-state index in [0.29, 0.717) is 23.7 Å². The van der Waals surface area contributed by atoms with Crippen molar-refractivity contribution in [2.45, 2.75) is 0 Å². The number of carbonyl (C=O) groups is 2. The van der Waals surface area contributed by atoms with E-state index in [0.717, 1.165) is 16.9 Å². The highest BCUT2D eigenvalue weighted by Crippen LogP contribution is 2.28. The molecule has 2 heterocycles. The molecule has 0 saturated heterocycles. The van der Waals surface area contributed by atoms with Gasteiger partial charge in [-0.1, -0.05) is 35.5 Å². The van der Waals surface area contributed by atoms with Gasteiger partial charge in [-0.3, -0.25) is 10.1 Å². The Bertz CT molecular complexity index is 860. The lowest BCUT2D eigenvalue weighted by Crippen LogP contribution is -2.21. The van der Waals surface area contributed by atoms with Crippen LogP contribution in [0.2, 0.25) is 0 Å². The van der Waals surface area contributed by atoms with Crippen LogP contribution in [0.3, 0.4) is 0 Å². The molecule has 0 unspecified atom stereocenters. The summed E-state index contributed by atoms with van der Waals surface area (Å²) >= 11 is 1.11. The number of rotatable bonds is 4. The van der Waals surface area contributed by atoms with Gasteiger partial charge >= 0.3 is 11.9 Å². The standard InChI is InChI=1S/C14H9N3O4S.C2H7NO/c18-12(13(19)20)16-14-15-10(7-22-14)9-6-11(21-17-9)8-4-2-1-3-5-8;3-1-2-4/h1-7H,(H,19,20)(H,15,16,18);4H,1-3H2. The van der Waals surface area contributed by atoms with Crippen molar-refractivity contribution >= 4 is 28.3 Å². The first-order chi connectivity index (χ1) is 12.5. The van der Waals surface area contributed by atoms with Gasteiger partial charge in [0.2, 0.25) is 0 Å². The van der Waals surface area contributed by atoms with Crippen LogP contribution in [-0.2, 0) is 9.59 Å². The molecule has 2 aromatic heterocycles. The smallest absolute Gasteiger partial charge is 0.394 e. The maximum atomic E-state index is 11.1. The lowest BCUT2D eigenvalue weighted by atomic mass is 10.1. The zero-order valence-corrected chi connectivity index (χ0v) is 14.3. The Hall–Kier alpha value is -3.08. The molecule has 0 saturated carbocycles. The van der Waals surface area contributed by atoms with E-state index in [9.17, 15) is 9.59 Å². The predicted molar refractivity (Wildman–Crippen MR) is 95.5 cm³/mol. The molecule has 10 heteroatoms. The molecule has 0 aliphatic heterocycles. The quantitative estimate of drug-likeness (QED) is 0.499. The molecule has 0 atom stereocenters. The lowest BCUT2D eigenvalue weighted by Gasteiger charge is -1.94. The predicted octanol–water partition coefficient (Wildman–Crippen LogP) is 1.43. The van der Waals surface area contributed by atoms with Crippen molar-refractivity contribution in [2.24, 2.45) is 5.73 Å². The molecule has 3 aromatic rings. The molecule has 5 N–H and O–H groups in total. The number of aliphatic hydroxyl groups is 1. The molecule has 0 radical (unpaired) electrons. The van der Waals surface area contributed by atoms with Gasteiger partial charge in [0.1, 0.15) is 11.4 Å². The Morgan fingerprint density at radius 3 is 2.54 bits per heavy atom. The maximum Gasteiger partial charge on any atom is 0.394 e. The molecule has 0 aliphatic rings. The maximum absolute atomic E-state index is 11.1. The van der Waals surface area contributed by atoms with Crippen LogP contribution in [0.15, 0.2) is 46.3 Å². The summed E-state index contributed by atoms with van der Waals surface area (Å²) in [5.41, 5.74) is 6.67. The molecule has 0 fully saturated rings. The first-order valence-corrected chi connectivity index (χ1v) is 8.26. The summed E-state index contributed by atoms with van der Waals surface area (Å²) in [6.07, 6.45) is 0. The third-order valence-corrected chi connectivity index (χ3v) is 3.64. The molecular weight excluding hydrogens is 360 g/mol. The van der Waals surface area contributed by atoms with Crippen molar-refractivity contribution in [3.8, 4) is 22.7 Å². The molecular formula is C16H16N4O5S. The van der Waals surface area contributed by atoms with Crippen molar-refractivity contribution in [3.63, 3.8) is 0 Å². The van der Waals surface area contributed by atoms with Crippen molar-refractivity contribution in [2.75, 3.05) is 18.5 Å². The highest BCUT2D eigenvalue weighted by Gasteiger charge is 2.15. The lowest BCUT2D eigenvalue weighted by molar-refractivity contribution is -0.147. The number of carbonyl (C=O) groups excluding carboxylic acids is 1. The molecule has 9 nitrogen and oxygen atoms in total. The van der Waals surface area contributed by atoms with E-state index in [-0.39, 0.29) is 11.7 Å². The van der Waals surface area contributed by atoms with E-state index in [1.807, 2.05) is 30.3 Å². The number of thiazole rings is 1. The zero-order valence-electron chi connectivity index (χ0n) is 13.5. The summed E-state index contributed by atoms with van der Waals surface area (Å²) in [6, 6.07) is 11.2. The highest BCUT2D eigenvalue weighted by atomic mass is 32.1. The molecule has 1 amide bonds. The minimum absolute atomic E-state index is 0.0972. The Morgan fingerprint density at radius 2 is 1.92 bits per heavy atom. The molecule has 0 bridgehead atoms. The highest BCUT2D eigenvalue weighted by molar-refractivity contribution is 7.14. The Morgan fingerprint density at radius 1 is 1.23 bits per heavy atom. The summed E-state index contributed by atoms with van der Waals surface area (Å²) in [6.45, 7) is 0.472. The van der Waals surface area contributed by atoms with E-state index in [4.69, 9.17) is 20.5 Å². The monoisotopic (exact) mass is 376 g/mol. The van der Waals surface area contributed by atoms with Gasteiger partial charge in [-0.05, 0) is 0 Å². The number of aliphatic carboxylic acids is 1. The van der Waals surface area contributed by atoms with Gasteiger partial charge in [-0.15, -0.1) is 11.3 Å². The fourth-order valence-corrected chi connectivity index (χ4v) is 2.43. The average molecular weight is 376 g/mol. The second kappa shape index (κ2) is 9.42. The van der Waals surface area contributed by atoms with Crippen LogP contribution in [-0.4, -0.2) is 45.4 Å². The van der Waals surface area contributed by atoms with E-state index in [1.54, 1.807) is 11.4 Å². The number of carboxylic acids is 1. The number of nitrogens with zero attached hydrogens (tertiary/aromatic N) is 2. The SMILES string of the molecule is NCCO.O=C(O)C(=O)Nc1nc(-c2cc(-c3ccccc3)on2)cs1. The average Bonchev–Trinajstić information content (AvgIpc) is 3.32.